The summed E-state index contributed by atoms with van der Waals surface area (Å²) in [6.07, 6.45) is 7.97. The third-order valence-electron chi connectivity index (χ3n) is 3.62. The number of thiocarbonyl (C=S) groups is 1. The van der Waals surface area contributed by atoms with E-state index < -0.39 is 0 Å². The standard InChI is InChI=1S/C12H22N2S/c1-2-10-4-3-8-14(9-7-10)12(15)13-11-5-6-11/h10-11H,2-9H2,1H3,(H,13,15). The maximum Gasteiger partial charge on any atom is 0.169 e. The fourth-order valence-corrected chi connectivity index (χ4v) is 2.62. The normalized spacial score (nSPS) is 27.3. The summed E-state index contributed by atoms with van der Waals surface area (Å²) in [4.78, 5) is 2.38. The molecule has 0 aromatic carbocycles. The molecule has 1 aliphatic carbocycles. The van der Waals surface area contributed by atoms with Crippen molar-refractivity contribution in [3.8, 4) is 0 Å². The summed E-state index contributed by atoms with van der Waals surface area (Å²) in [5.74, 6) is 0.929. The Labute approximate surface area is 98.4 Å². The topological polar surface area (TPSA) is 15.3 Å². The van der Waals surface area contributed by atoms with E-state index in [1.54, 1.807) is 0 Å². The molecule has 1 aliphatic heterocycles. The highest BCUT2D eigenvalue weighted by molar-refractivity contribution is 7.80. The quantitative estimate of drug-likeness (QED) is 0.729. The Morgan fingerprint density at radius 3 is 2.73 bits per heavy atom. The highest BCUT2D eigenvalue weighted by Crippen LogP contribution is 2.22. The molecule has 1 atom stereocenters. The molecule has 0 aromatic heterocycles. The van der Waals surface area contributed by atoms with Gasteiger partial charge in [0.25, 0.3) is 0 Å². The zero-order valence-electron chi connectivity index (χ0n) is 9.67. The lowest BCUT2D eigenvalue weighted by molar-refractivity contribution is 0.406. The monoisotopic (exact) mass is 226 g/mol. The minimum absolute atomic E-state index is 0.697. The maximum absolute atomic E-state index is 5.44. The molecule has 0 spiro atoms. The molecule has 2 rings (SSSR count). The number of nitrogens with one attached hydrogen (secondary N) is 1. The third-order valence-corrected chi connectivity index (χ3v) is 3.99. The second-order valence-electron chi connectivity index (χ2n) is 4.92. The summed E-state index contributed by atoms with van der Waals surface area (Å²) in [5.41, 5.74) is 0. The van der Waals surface area contributed by atoms with E-state index in [0.717, 1.165) is 24.1 Å². The maximum atomic E-state index is 5.44. The minimum atomic E-state index is 0.697. The highest BCUT2D eigenvalue weighted by Gasteiger charge is 2.24. The molecular weight excluding hydrogens is 204 g/mol. The van der Waals surface area contributed by atoms with Gasteiger partial charge in [-0.05, 0) is 50.2 Å². The van der Waals surface area contributed by atoms with Crippen molar-refractivity contribution in [2.45, 2.75) is 51.5 Å². The molecule has 0 bridgehead atoms. The molecule has 0 aromatic rings. The van der Waals surface area contributed by atoms with Crippen LogP contribution in [0, 0.1) is 5.92 Å². The van der Waals surface area contributed by atoms with Gasteiger partial charge >= 0.3 is 0 Å². The Balaban J connectivity index is 1.78. The molecule has 0 radical (unpaired) electrons. The van der Waals surface area contributed by atoms with Crippen LogP contribution >= 0.6 is 12.2 Å². The largest absolute Gasteiger partial charge is 0.360 e. The van der Waals surface area contributed by atoms with Crippen molar-refractivity contribution in [2.24, 2.45) is 5.92 Å². The number of hydrogen-bond acceptors (Lipinski definition) is 1. The van der Waals surface area contributed by atoms with Crippen LogP contribution < -0.4 is 5.32 Å². The van der Waals surface area contributed by atoms with Crippen LogP contribution in [0.25, 0.3) is 0 Å². The molecule has 1 saturated carbocycles. The van der Waals surface area contributed by atoms with E-state index in [9.17, 15) is 0 Å². The lowest BCUT2D eigenvalue weighted by Crippen LogP contribution is -2.41. The third kappa shape index (κ3) is 3.33. The van der Waals surface area contributed by atoms with Crippen LogP contribution in [-0.4, -0.2) is 29.1 Å². The van der Waals surface area contributed by atoms with E-state index in [1.165, 1.54) is 38.5 Å². The second-order valence-corrected chi connectivity index (χ2v) is 5.30. The lowest BCUT2D eigenvalue weighted by atomic mass is 9.98. The summed E-state index contributed by atoms with van der Waals surface area (Å²) in [7, 11) is 0. The van der Waals surface area contributed by atoms with Crippen LogP contribution in [0.4, 0.5) is 0 Å². The Morgan fingerprint density at radius 2 is 2.07 bits per heavy atom. The SMILES string of the molecule is CCC1CCCN(C(=S)NC2CC2)CC1. The Bertz CT molecular complexity index is 226. The van der Waals surface area contributed by atoms with Gasteiger partial charge in [0.05, 0.1) is 0 Å². The van der Waals surface area contributed by atoms with Crippen LogP contribution in [0.2, 0.25) is 0 Å². The van der Waals surface area contributed by atoms with Gasteiger partial charge in [-0.25, -0.2) is 0 Å². The van der Waals surface area contributed by atoms with E-state index in [4.69, 9.17) is 12.2 Å². The molecule has 1 saturated heterocycles. The summed E-state index contributed by atoms with van der Waals surface area (Å²) < 4.78 is 0. The highest BCUT2D eigenvalue weighted by atomic mass is 32.1. The molecule has 86 valence electrons. The van der Waals surface area contributed by atoms with Gasteiger partial charge in [0.2, 0.25) is 0 Å². The van der Waals surface area contributed by atoms with E-state index in [1.807, 2.05) is 0 Å². The first-order chi connectivity index (χ1) is 7.29. The zero-order chi connectivity index (χ0) is 10.7. The van der Waals surface area contributed by atoms with E-state index in [-0.39, 0.29) is 0 Å². The molecule has 2 nitrogen and oxygen atoms in total. The van der Waals surface area contributed by atoms with Crippen molar-refractivity contribution < 1.29 is 0 Å². The molecule has 1 unspecified atom stereocenters. The molecule has 3 heteroatoms. The van der Waals surface area contributed by atoms with Crippen LogP contribution in [0.3, 0.4) is 0 Å². The minimum Gasteiger partial charge on any atom is -0.360 e. The van der Waals surface area contributed by atoms with Gasteiger partial charge in [0.15, 0.2) is 5.11 Å². The van der Waals surface area contributed by atoms with Crippen molar-refractivity contribution in [1.82, 2.24) is 10.2 Å². The summed E-state index contributed by atoms with van der Waals surface area (Å²) in [6, 6.07) is 0.697. The molecular formula is C12H22N2S. The summed E-state index contributed by atoms with van der Waals surface area (Å²) in [6.45, 7) is 4.63. The van der Waals surface area contributed by atoms with Crippen molar-refractivity contribution in [3.63, 3.8) is 0 Å². The average molecular weight is 226 g/mol. The van der Waals surface area contributed by atoms with Crippen LogP contribution in [-0.2, 0) is 0 Å². The first kappa shape index (κ1) is 11.2. The number of rotatable bonds is 2. The first-order valence-electron chi connectivity index (χ1n) is 6.35. The van der Waals surface area contributed by atoms with Crippen molar-refractivity contribution >= 4 is 17.3 Å². The second kappa shape index (κ2) is 5.15. The molecule has 1 N–H and O–H groups in total. The van der Waals surface area contributed by atoms with Crippen molar-refractivity contribution in [2.75, 3.05) is 13.1 Å². The molecule has 1 heterocycles. The smallest absolute Gasteiger partial charge is 0.169 e. The predicted octanol–water partition coefficient (Wildman–Crippen LogP) is 2.54. The van der Waals surface area contributed by atoms with E-state index in [0.29, 0.717) is 6.04 Å². The Kier molecular flexibility index (Phi) is 3.84. The van der Waals surface area contributed by atoms with Gasteiger partial charge in [-0.3, -0.25) is 0 Å². The fraction of sp³-hybridized carbons (Fsp3) is 0.917. The molecule has 2 fully saturated rings. The van der Waals surface area contributed by atoms with Gasteiger partial charge in [-0.15, -0.1) is 0 Å². The predicted molar refractivity (Wildman–Crippen MR) is 68.0 cm³/mol. The Morgan fingerprint density at radius 1 is 1.27 bits per heavy atom. The van der Waals surface area contributed by atoms with E-state index in [2.05, 4.69) is 17.1 Å². The average Bonchev–Trinajstić information content (AvgIpc) is 3.02. The van der Waals surface area contributed by atoms with Crippen LogP contribution in [0.5, 0.6) is 0 Å². The fourth-order valence-electron chi connectivity index (χ4n) is 2.27. The number of likely N-dealkylation sites (tertiary alicyclic amines) is 1. The van der Waals surface area contributed by atoms with Crippen molar-refractivity contribution in [1.29, 1.82) is 0 Å². The number of hydrogen-bond donors (Lipinski definition) is 1. The van der Waals surface area contributed by atoms with Crippen LogP contribution in [0.15, 0.2) is 0 Å². The van der Waals surface area contributed by atoms with Gasteiger partial charge in [-0.2, -0.15) is 0 Å². The Hall–Kier alpha value is -0.310. The molecule has 0 amide bonds. The molecule has 15 heavy (non-hydrogen) atoms. The van der Waals surface area contributed by atoms with Gasteiger partial charge in [-0.1, -0.05) is 13.3 Å². The molecule has 2 aliphatic rings. The van der Waals surface area contributed by atoms with Gasteiger partial charge in [0, 0.05) is 19.1 Å². The van der Waals surface area contributed by atoms with Gasteiger partial charge in [0.1, 0.15) is 0 Å². The number of nitrogens with zero attached hydrogens (tertiary/aromatic N) is 1. The van der Waals surface area contributed by atoms with Crippen LogP contribution in [0.1, 0.15) is 45.4 Å². The van der Waals surface area contributed by atoms with Crippen molar-refractivity contribution in [3.05, 3.63) is 0 Å². The summed E-state index contributed by atoms with van der Waals surface area (Å²) in [5, 5.41) is 4.45. The zero-order valence-corrected chi connectivity index (χ0v) is 10.5. The van der Waals surface area contributed by atoms with E-state index >= 15 is 0 Å². The van der Waals surface area contributed by atoms with Gasteiger partial charge < -0.3 is 10.2 Å². The first-order valence-corrected chi connectivity index (χ1v) is 6.76. The summed E-state index contributed by atoms with van der Waals surface area (Å²) >= 11 is 5.44. The lowest BCUT2D eigenvalue weighted by Gasteiger charge is -2.24.